The van der Waals surface area contributed by atoms with Gasteiger partial charge in [-0.3, -0.25) is 9.59 Å². The van der Waals surface area contributed by atoms with Crippen LogP contribution >= 0.6 is 0 Å². The van der Waals surface area contributed by atoms with Crippen molar-refractivity contribution < 1.29 is 29.0 Å². The van der Waals surface area contributed by atoms with Crippen LogP contribution in [0.15, 0.2) is 24.4 Å². The summed E-state index contributed by atoms with van der Waals surface area (Å²) in [5.74, 6) is -2.03. The number of alkyl halides is 1. The molecule has 1 aliphatic rings. The third kappa shape index (κ3) is 3.14. The summed E-state index contributed by atoms with van der Waals surface area (Å²) < 4.78 is 15.8. The topological polar surface area (TPSA) is 99.8 Å². The van der Waals surface area contributed by atoms with Gasteiger partial charge in [0.1, 0.15) is 24.0 Å². The van der Waals surface area contributed by atoms with E-state index in [4.69, 9.17) is 0 Å². The molecule has 0 saturated carbocycles. The van der Waals surface area contributed by atoms with E-state index in [0.29, 0.717) is 16.5 Å². The molecule has 8 heteroatoms. The first-order chi connectivity index (χ1) is 12.1. The van der Waals surface area contributed by atoms with Crippen LogP contribution in [0, 0.1) is 0 Å². The second-order valence-corrected chi connectivity index (χ2v) is 6.92. The van der Waals surface area contributed by atoms with E-state index in [1.54, 1.807) is 6.07 Å². The fourth-order valence-electron chi connectivity index (χ4n) is 3.46. The number of carboxylic acids is 1. The Hall–Kier alpha value is -2.90. The minimum atomic E-state index is -1.76. The van der Waals surface area contributed by atoms with Gasteiger partial charge in [0.2, 0.25) is 5.91 Å². The van der Waals surface area contributed by atoms with E-state index in [-0.39, 0.29) is 31.0 Å². The predicted octanol–water partition coefficient (Wildman–Crippen LogP) is 1.96. The van der Waals surface area contributed by atoms with Gasteiger partial charge in [0, 0.05) is 29.1 Å². The summed E-state index contributed by atoms with van der Waals surface area (Å²) in [4.78, 5) is 36.9. The lowest BCUT2D eigenvalue weighted by Crippen LogP contribution is -2.42. The molecule has 0 bridgehead atoms. The molecule has 2 aromatic rings. The SMILES string of the molecule is CC(=O)c1cn(CC(=O)N2C[C@](C)(F)C[C@H]2C(=O)O)c2ccc(O)cc12. The Morgan fingerprint density at radius 1 is 1.35 bits per heavy atom. The summed E-state index contributed by atoms with van der Waals surface area (Å²) >= 11 is 0. The molecule has 0 spiro atoms. The Kier molecular flexibility index (Phi) is 4.21. The summed E-state index contributed by atoms with van der Waals surface area (Å²) in [6, 6.07) is 3.22. The van der Waals surface area contributed by atoms with Crippen LogP contribution in [0.1, 0.15) is 30.6 Å². The monoisotopic (exact) mass is 362 g/mol. The number of likely N-dealkylation sites (tertiary alicyclic amines) is 1. The largest absolute Gasteiger partial charge is 0.508 e. The van der Waals surface area contributed by atoms with Crippen molar-refractivity contribution in [3.8, 4) is 5.75 Å². The van der Waals surface area contributed by atoms with E-state index >= 15 is 0 Å². The number of ketones is 1. The third-order valence-corrected chi connectivity index (χ3v) is 4.65. The Bertz CT molecular complexity index is 918. The molecule has 1 aromatic carbocycles. The number of aliphatic carboxylic acids is 1. The molecule has 2 heterocycles. The molecular weight excluding hydrogens is 343 g/mol. The van der Waals surface area contributed by atoms with Crippen molar-refractivity contribution in [1.82, 2.24) is 9.47 Å². The highest BCUT2D eigenvalue weighted by Crippen LogP contribution is 2.31. The number of phenols is 1. The second-order valence-electron chi connectivity index (χ2n) is 6.92. The summed E-state index contributed by atoms with van der Waals surface area (Å²) in [5, 5.41) is 19.4. The van der Waals surface area contributed by atoms with E-state index in [9.17, 15) is 29.0 Å². The van der Waals surface area contributed by atoms with Gasteiger partial charge in [-0.2, -0.15) is 0 Å². The summed E-state index contributed by atoms with van der Waals surface area (Å²) in [5.41, 5.74) is -0.862. The number of fused-ring (bicyclic) bond motifs is 1. The summed E-state index contributed by atoms with van der Waals surface area (Å²) in [7, 11) is 0. The summed E-state index contributed by atoms with van der Waals surface area (Å²) in [6.07, 6.45) is 1.23. The van der Waals surface area contributed by atoms with Gasteiger partial charge in [0.25, 0.3) is 0 Å². The van der Waals surface area contributed by atoms with Gasteiger partial charge in [0.05, 0.1) is 6.54 Å². The molecule has 7 nitrogen and oxygen atoms in total. The van der Waals surface area contributed by atoms with Crippen molar-refractivity contribution in [1.29, 1.82) is 0 Å². The standard InChI is InChI=1S/C18H19FN2O5/c1-10(22)13-7-20(14-4-3-11(23)5-12(13)14)8-16(24)21-9-18(2,19)6-15(21)17(25)26/h3-5,7,15,23H,6,8-9H2,1-2H3,(H,25,26)/t15-,18+/m0/s1. The number of aromatic hydroxyl groups is 1. The van der Waals surface area contributed by atoms with Crippen LogP contribution < -0.4 is 0 Å². The predicted molar refractivity (Wildman–Crippen MR) is 90.9 cm³/mol. The lowest BCUT2D eigenvalue weighted by molar-refractivity contribution is -0.148. The fourth-order valence-corrected chi connectivity index (χ4v) is 3.46. The highest BCUT2D eigenvalue weighted by Gasteiger charge is 2.46. The van der Waals surface area contributed by atoms with Gasteiger partial charge < -0.3 is 19.7 Å². The first-order valence-electron chi connectivity index (χ1n) is 8.13. The number of hydrogen-bond acceptors (Lipinski definition) is 4. The van der Waals surface area contributed by atoms with Crippen molar-refractivity contribution in [2.45, 2.75) is 38.5 Å². The van der Waals surface area contributed by atoms with Gasteiger partial charge in [0.15, 0.2) is 5.78 Å². The molecule has 1 fully saturated rings. The molecule has 1 aliphatic heterocycles. The maximum absolute atomic E-state index is 14.2. The van der Waals surface area contributed by atoms with Gasteiger partial charge in [-0.15, -0.1) is 0 Å². The number of phenolic OH excluding ortho intramolecular Hbond substituents is 1. The van der Waals surface area contributed by atoms with E-state index in [0.717, 1.165) is 4.90 Å². The highest BCUT2D eigenvalue weighted by molar-refractivity contribution is 6.07. The van der Waals surface area contributed by atoms with E-state index in [1.807, 2.05) is 0 Å². The molecule has 1 saturated heterocycles. The minimum Gasteiger partial charge on any atom is -0.508 e. The number of carbonyl (C=O) groups is 3. The quantitative estimate of drug-likeness (QED) is 0.810. The molecule has 1 aromatic heterocycles. The number of hydrogen-bond donors (Lipinski definition) is 2. The Morgan fingerprint density at radius 2 is 2.04 bits per heavy atom. The Balaban J connectivity index is 1.95. The number of carbonyl (C=O) groups excluding carboxylic acids is 2. The van der Waals surface area contributed by atoms with Crippen molar-refractivity contribution in [3.05, 3.63) is 30.0 Å². The number of carboxylic acid groups (broad SMARTS) is 1. The van der Waals surface area contributed by atoms with Gasteiger partial charge in [-0.05, 0) is 32.0 Å². The first kappa shape index (κ1) is 17.9. The number of rotatable bonds is 4. The smallest absolute Gasteiger partial charge is 0.326 e. The normalized spacial score (nSPS) is 22.7. The maximum atomic E-state index is 14.2. The maximum Gasteiger partial charge on any atom is 0.326 e. The first-order valence-corrected chi connectivity index (χ1v) is 8.13. The van der Waals surface area contributed by atoms with Crippen LogP contribution in [0.2, 0.25) is 0 Å². The third-order valence-electron chi connectivity index (χ3n) is 4.65. The van der Waals surface area contributed by atoms with Crippen LogP contribution in [0.3, 0.4) is 0 Å². The zero-order chi connectivity index (χ0) is 19.2. The van der Waals surface area contributed by atoms with Gasteiger partial charge in [-0.1, -0.05) is 0 Å². The van der Waals surface area contributed by atoms with Crippen LogP contribution in [-0.2, 0) is 16.1 Å². The Morgan fingerprint density at radius 3 is 2.65 bits per heavy atom. The number of aromatic nitrogens is 1. The van der Waals surface area contributed by atoms with Crippen LogP contribution in [0.4, 0.5) is 4.39 Å². The van der Waals surface area contributed by atoms with Crippen LogP contribution in [0.25, 0.3) is 10.9 Å². The van der Waals surface area contributed by atoms with E-state index < -0.39 is 23.6 Å². The second kappa shape index (κ2) is 6.12. The van der Waals surface area contributed by atoms with Crippen molar-refractivity contribution in [2.24, 2.45) is 0 Å². The molecule has 0 radical (unpaired) electrons. The van der Waals surface area contributed by atoms with Crippen molar-refractivity contribution in [3.63, 3.8) is 0 Å². The number of benzene rings is 1. The average molecular weight is 362 g/mol. The minimum absolute atomic E-state index is 0.0113. The zero-order valence-corrected chi connectivity index (χ0v) is 14.4. The zero-order valence-electron chi connectivity index (χ0n) is 14.4. The molecule has 138 valence electrons. The molecule has 1 amide bonds. The number of amides is 1. The molecular formula is C18H19FN2O5. The van der Waals surface area contributed by atoms with Crippen LogP contribution in [0.5, 0.6) is 5.75 Å². The number of halogens is 1. The Labute approximate surface area is 148 Å². The number of Topliss-reactive ketones (excluding diaryl/α,β-unsaturated/α-hetero) is 1. The summed E-state index contributed by atoms with van der Waals surface area (Å²) in [6.45, 7) is 2.13. The average Bonchev–Trinajstić information content (AvgIpc) is 3.05. The lowest BCUT2D eigenvalue weighted by atomic mass is 10.1. The van der Waals surface area contributed by atoms with Crippen molar-refractivity contribution in [2.75, 3.05) is 6.54 Å². The molecule has 26 heavy (non-hydrogen) atoms. The van der Waals surface area contributed by atoms with Crippen LogP contribution in [-0.4, -0.2) is 55.6 Å². The van der Waals surface area contributed by atoms with Crippen molar-refractivity contribution >= 4 is 28.6 Å². The fraction of sp³-hybridized carbons (Fsp3) is 0.389. The van der Waals surface area contributed by atoms with E-state index in [2.05, 4.69) is 0 Å². The molecule has 2 N–H and O–H groups in total. The highest BCUT2D eigenvalue weighted by atomic mass is 19.1. The molecule has 0 aliphatic carbocycles. The van der Waals surface area contributed by atoms with Gasteiger partial charge >= 0.3 is 5.97 Å². The lowest BCUT2D eigenvalue weighted by Gasteiger charge is -2.22. The number of nitrogens with zero attached hydrogens (tertiary/aromatic N) is 2. The van der Waals surface area contributed by atoms with Gasteiger partial charge in [-0.25, -0.2) is 9.18 Å². The molecule has 0 unspecified atom stereocenters. The molecule has 2 atom stereocenters. The molecule has 3 rings (SSSR count). The van der Waals surface area contributed by atoms with E-state index in [1.165, 1.54) is 36.7 Å².